The number of amides is 2. The van der Waals surface area contributed by atoms with Crippen LogP contribution in [-0.4, -0.2) is 29.7 Å². The summed E-state index contributed by atoms with van der Waals surface area (Å²) in [4.78, 5) is 24.0. The van der Waals surface area contributed by atoms with E-state index in [1.807, 2.05) is 20.8 Å². The number of rotatable bonds is 5. The molecule has 1 atom stereocenters. The summed E-state index contributed by atoms with van der Waals surface area (Å²) in [6.07, 6.45) is 2.33. The van der Waals surface area contributed by atoms with Gasteiger partial charge in [-0.2, -0.15) is 0 Å². The van der Waals surface area contributed by atoms with Gasteiger partial charge in [0.15, 0.2) is 0 Å². The third-order valence-electron chi connectivity index (χ3n) is 3.46. The van der Waals surface area contributed by atoms with Gasteiger partial charge in [0.25, 0.3) is 5.91 Å². The van der Waals surface area contributed by atoms with Crippen molar-refractivity contribution in [3.8, 4) is 0 Å². The van der Waals surface area contributed by atoms with Crippen LogP contribution in [0, 0.1) is 5.92 Å². The normalized spacial score (nSPS) is 14.3. The SMILES string of the molecule is CC(C)C(C)(CNC(=O)OC(C)(C)C)NC(=O)c1ccoc1. The molecular weight excluding hydrogens is 284 g/mol. The summed E-state index contributed by atoms with van der Waals surface area (Å²) in [6.45, 7) is 11.5. The molecule has 0 saturated heterocycles. The number of ether oxygens (including phenoxy) is 1. The summed E-state index contributed by atoms with van der Waals surface area (Å²) < 4.78 is 10.1. The lowest BCUT2D eigenvalue weighted by Gasteiger charge is -2.35. The second-order valence-electron chi connectivity index (χ2n) is 6.89. The van der Waals surface area contributed by atoms with E-state index in [1.165, 1.54) is 12.5 Å². The molecule has 1 aromatic rings. The van der Waals surface area contributed by atoms with Crippen LogP contribution in [0.25, 0.3) is 0 Å². The summed E-state index contributed by atoms with van der Waals surface area (Å²) >= 11 is 0. The Balaban J connectivity index is 2.67. The molecule has 1 aromatic heterocycles. The van der Waals surface area contributed by atoms with E-state index in [2.05, 4.69) is 10.6 Å². The highest BCUT2D eigenvalue weighted by Crippen LogP contribution is 2.17. The molecule has 1 unspecified atom stereocenters. The minimum absolute atomic E-state index is 0.110. The van der Waals surface area contributed by atoms with Crippen molar-refractivity contribution >= 4 is 12.0 Å². The molecule has 0 aromatic carbocycles. The van der Waals surface area contributed by atoms with Gasteiger partial charge in [-0.1, -0.05) is 13.8 Å². The molecule has 6 heteroatoms. The van der Waals surface area contributed by atoms with Gasteiger partial charge in [0.2, 0.25) is 0 Å². The lowest BCUT2D eigenvalue weighted by molar-refractivity contribution is 0.0497. The van der Waals surface area contributed by atoms with Gasteiger partial charge in [0, 0.05) is 6.54 Å². The second kappa shape index (κ2) is 6.85. The van der Waals surface area contributed by atoms with E-state index in [0.29, 0.717) is 5.56 Å². The molecule has 0 bridgehead atoms. The average Bonchev–Trinajstić information content (AvgIpc) is 2.88. The lowest BCUT2D eigenvalue weighted by atomic mass is 9.88. The summed E-state index contributed by atoms with van der Waals surface area (Å²) in [5.41, 5.74) is -0.715. The van der Waals surface area contributed by atoms with Gasteiger partial charge >= 0.3 is 6.09 Å². The van der Waals surface area contributed by atoms with Gasteiger partial charge in [-0.05, 0) is 39.7 Å². The number of alkyl carbamates (subject to hydrolysis) is 1. The molecule has 2 N–H and O–H groups in total. The standard InChI is InChI=1S/C16H26N2O4/c1-11(2)16(6,10-17-14(20)22-15(3,4)5)18-13(19)12-7-8-21-9-12/h7-9,11H,10H2,1-6H3,(H,17,20)(H,18,19). The maximum Gasteiger partial charge on any atom is 0.407 e. The number of furan rings is 1. The predicted octanol–water partition coefficient (Wildman–Crippen LogP) is 2.95. The van der Waals surface area contributed by atoms with E-state index < -0.39 is 17.2 Å². The Labute approximate surface area is 131 Å². The Morgan fingerprint density at radius 3 is 2.36 bits per heavy atom. The van der Waals surface area contributed by atoms with E-state index in [9.17, 15) is 9.59 Å². The van der Waals surface area contributed by atoms with Crippen molar-refractivity contribution in [2.24, 2.45) is 5.92 Å². The molecular formula is C16H26N2O4. The maximum absolute atomic E-state index is 12.2. The molecule has 0 aliphatic heterocycles. The third kappa shape index (κ3) is 5.42. The fraction of sp³-hybridized carbons (Fsp3) is 0.625. The minimum Gasteiger partial charge on any atom is -0.472 e. The van der Waals surface area contributed by atoms with E-state index in [4.69, 9.17) is 9.15 Å². The molecule has 1 heterocycles. The maximum atomic E-state index is 12.2. The first-order valence-corrected chi connectivity index (χ1v) is 7.35. The van der Waals surface area contributed by atoms with Crippen LogP contribution in [0.4, 0.5) is 4.79 Å². The van der Waals surface area contributed by atoms with Gasteiger partial charge in [-0.25, -0.2) is 4.79 Å². The van der Waals surface area contributed by atoms with Gasteiger partial charge in [0.1, 0.15) is 11.9 Å². The van der Waals surface area contributed by atoms with Crippen molar-refractivity contribution < 1.29 is 18.7 Å². The lowest BCUT2D eigenvalue weighted by Crippen LogP contribution is -2.57. The van der Waals surface area contributed by atoms with Crippen LogP contribution in [0.2, 0.25) is 0 Å². The Hall–Kier alpha value is -1.98. The van der Waals surface area contributed by atoms with Crippen LogP contribution in [0.1, 0.15) is 51.9 Å². The smallest absolute Gasteiger partial charge is 0.407 e. The van der Waals surface area contributed by atoms with Crippen molar-refractivity contribution in [3.05, 3.63) is 24.2 Å². The van der Waals surface area contributed by atoms with E-state index >= 15 is 0 Å². The molecule has 2 amide bonds. The van der Waals surface area contributed by atoms with Crippen molar-refractivity contribution in [3.63, 3.8) is 0 Å². The summed E-state index contributed by atoms with van der Waals surface area (Å²) in [7, 11) is 0. The van der Waals surface area contributed by atoms with Crippen molar-refractivity contribution in [1.29, 1.82) is 0 Å². The summed E-state index contributed by atoms with van der Waals surface area (Å²) in [5, 5.41) is 5.66. The highest BCUT2D eigenvalue weighted by molar-refractivity contribution is 5.94. The summed E-state index contributed by atoms with van der Waals surface area (Å²) in [6, 6.07) is 1.59. The summed E-state index contributed by atoms with van der Waals surface area (Å²) in [5.74, 6) is -0.130. The number of carbonyl (C=O) groups is 2. The van der Waals surface area contributed by atoms with Crippen LogP contribution in [0.5, 0.6) is 0 Å². The van der Waals surface area contributed by atoms with Crippen molar-refractivity contribution in [2.45, 2.75) is 52.7 Å². The highest BCUT2D eigenvalue weighted by atomic mass is 16.6. The van der Waals surface area contributed by atoms with E-state index in [-0.39, 0.29) is 18.4 Å². The molecule has 0 radical (unpaired) electrons. The Morgan fingerprint density at radius 2 is 1.91 bits per heavy atom. The molecule has 0 aliphatic rings. The number of nitrogens with one attached hydrogen (secondary N) is 2. The highest BCUT2D eigenvalue weighted by Gasteiger charge is 2.32. The fourth-order valence-electron chi connectivity index (χ4n) is 1.69. The zero-order chi connectivity index (χ0) is 17.0. The molecule has 0 saturated carbocycles. The van der Waals surface area contributed by atoms with E-state index in [0.717, 1.165) is 0 Å². The van der Waals surface area contributed by atoms with Crippen LogP contribution >= 0.6 is 0 Å². The molecule has 124 valence electrons. The van der Waals surface area contributed by atoms with Crippen molar-refractivity contribution in [2.75, 3.05) is 6.54 Å². The molecule has 0 fully saturated rings. The number of hydrogen-bond donors (Lipinski definition) is 2. The number of hydrogen-bond acceptors (Lipinski definition) is 4. The molecule has 22 heavy (non-hydrogen) atoms. The first-order valence-electron chi connectivity index (χ1n) is 7.35. The van der Waals surface area contributed by atoms with Crippen LogP contribution < -0.4 is 10.6 Å². The monoisotopic (exact) mass is 310 g/mol. The Bertz CT molecular complexity index is 503. The minimum atomic E-state index is -0.606. The topological polar surface area (TPSA) is 80.6 Å². The first kappa shape index (κ1) is 18.1. The predicted molar refractivity (Wildman–Crippen MR) is 83.7 cm³/mol. The number of carbonyl (C=O) groups excluding carboxylic acids is 2. The largest absolute Gasteiger partial charge is 0.472 e. The first-order chi connectivity index (χ1) is 10.0. The van der Waals surface area contributed by atoms with Gasteiger partial charge in [-0.15, -0.1) is 0 Å². The zero-order valence-electron chi connectivity index (χ0n) is 14.1. The van der Waals surface area contributed by atoms with Crippen LogP contribution in [0.3, 0.4) is 0 Å². The van der Waals surface area contributed by atoms with Gasteiger partial charge in [0.05, 0.1) is 17.4 Å². The quantitative estimate of drug-likeness (QED) is 0.876. The zero-order valence-corrected chi connectivity index (χ0v) is 14.1. The second-order valence-corrected chi connectivity index (χ2v) is 6.89. The van der Waals surface area contributed by atoms with Gasteiger partial charge < -0.3 is 19.8 Å². The van der Waals surface area contributed by atoms with Gasteiger partial charge in [-0.3, -0.25) is 4.79 Å². The fourth-order valence-corrected chi connectivity index (χ4v) is 1.69. The third-order valence-corrected chi connectivity index (χ3v) is 3.46. The molecule has 1 rings (SSSR count). The Morgan fingerprint density at radius 1 is 1.27 bits per heavy atom. The Kier molecular flexibility index (Phi) is 5.63. The van der Waals surface area contributed by atoms with Crippen molar-refractivity contribution in [1.82, 2.24) is 10.6 Å². The van der Waals surface area contributed by atoms with E-state index in [1.54, 1.807) is 26.8 Å². The average molecular weight is 310 g/mol. The molecule has 6 nitrogen and oxygen atoms in total. The van der Waals surface area contributed by atoms with Crippen LogP contribution in [0.15, 0.2) is 23.0 Å². The molecule has 0 aliphatic carbocycles. The van der Waals surface area contributed by atoms with Crippen LogP contribution in [-0.2, 0) is 4.74 Å². The molecule has 0 spiro atoms.